The molecule has 1 saturated heterocycles. The maximum atomic E-state index is 12.7. The Kier molecular flexibility index (Phi) is 6.64. The Morgan fingerprint density at radius 2 is 1.76 bits per heavy atom. The van der Waals surface area contributed by atoms with Gasteiger partial charge in [-0.3, -0.25) is 9.59 Å². The van der Waals surface area contributed by atoms with E-state index in [-0.39, 0.29) is 29.2 Å². The molecule has 1 aliphatic rings. The number of carbonyl (C=O) groups excluding carboxylic acids is 2. The zero-order valence-electron chi connectivity index (χ0n) is 15.9. The van der Waals surface area contributed by atoms with Gasteiger partial charge >= 0.3 is 6.61 Å². The van der Waals surface area contributed by atoms with Crippen molar-refractivity contribution in [1.82, 2.24) is 4.90 Å². The van der Waals surface area contributed by atoms with Crippen molar-refractivity contribution in [3.63, 3.8) is 0 Å². The molecule has 1 fully saturated rings. The van der Waals surface area contributed by atoms with Crippen LogP contribution in [0.2, 0.25) is 0 Å². The lowest BCUT2D eigenvalue weighted by atomic mass is 9.95. The molecule has 0 radical (unpaired) electrons. The van der Waals surface area contributed by atoms with Crippen molar-refractivity contribution in [2.45, 2.75) is 19.5 Å². The number of alkyl halides is 2. The first-order chi connectivity index (χ1) is 14.0. The molecule has 1 heterocycles. The lowest BCUT2D eigenvalue weighted by Gasteiger charge is -2.31. The van der Waals surface area contributed by atoms with Gasteiger partial charge in [0.1, 0.15) is 0 Å². The van der Waals surface area contributed by atoms with E-state index in [4.69, 9.17) is 4.74 Å². The largest absolute Gasteiger partial charge is 0.493 e. The normalized spacial score (nSPS) is 14.6. The molecule has 3 rings (SSSR count). The van der Waals surface area contributed by atoms with E-state index in [9.17, 15) is 18.4 Å². The standard InChI is InChI=1S/C21H22F2N2O4/c1-28-18-13-15(7-8-17(18)29-21(22)23)20(27)25-11-9-14(10-12-25)19(26)24-16-5-3-2-4-6-16/h2-8,13-14,21H,9-12H2,1H3,(H,24,26). The predicted octanol–water partition coefficient (Wildman–Crippen LogP) is 3.79. The number of rotatable bonds is 6. The van der Waals surface area contributed by atoms with Gasteiger partial charge in [-0.05, 0) is 43.2 Å². The first kappa shape index (κ1) is 20.6. The molecular weight excluding hydrogens is 382 g/mol. The molecule has 0 saturated carbocycles. The average Bonchev–Trinajstić information content (AvgIpc) is 2.74. The molecule has 0 aliphatic carbocycles. The van der Waals surface area contributed by atoms with Crippen molar-refractivity contribution in [3.05, 3.63) is 54.1 Å². The second-order valence-electron chi connectivity index (χ2n) is 6.67. The second kappa shape index (κ2) is 9.36. The van der Waals surface area contributed by atoms with E-state index >= 15 is 0 Å². The maximum Gasteiger partial charge on any atom is 0.387 e. The molecule has 0 bridgehead atoms. The fraction of sp³-hybridized carbons (Fsp3) is 0.333. The van der Waals surface area contributed by atoms with Gasteiger partial charge in [0.25, 0.3) is 5.91 Å². The molecule has 2 amide bonds. The van der Waals surface area contributed by atoms with Crippen molar-refractivity contribution in [2.75, 3.05) is 25.5 Å². The SMILES string of the molecule is COc1cc(C(=O)N2CCC(C(=O)Nc3ccccc3)CC2)ccc1OC(F)F. The zero-order chi connectivity index (χ0) is 20.8. The van der Waals surface area contributed by atoms with Gasteiger partial charge < -0.3 is 19.7 Å². The number of hydrogen-bond acceptors (Lipinski definition) is 4. The highest BCUT2D eigenvalue weighted by molar-refractivity contribution is 5.96. The highest BCUT2D eigenvalue weighted by Gasteiger charge is 2.28. The molecule has 1 aliphatic heterocycles. The summed E-state index contributed by atoms with van der Waals surface area (Å²) in [5.74, 6) is -0.536. The van der Waals surface area contributed by atoms with Crippen molar-refractivity contribution >= 4 is 17.5 Å². The highest BCUT2D eigenvalue weighted by atomic mass is 19.3. The van der Waals surface area contributed by atoms with Gasteiger partial charge in [-0.15, -0.1) is 0 Å². The van der Waals surface area contributed by atoms with Crippen LogP contribution in [0.4, 0.5) is 14.5 Å². The third kappa shape index (κ3) is 5.22. The molecule has 0 unspecified atom stereocenters. The highest BCUT2D eigenvalue weighted by Crippen LogP contribution is 2.30. The average molecular weight is 404 g/mol. The van der Waals surface area contributed by atoms with Crippen molar-refractivity contribution in [1.29, 1.82) is 0 Å². The number of carbonyl (C=O) groups is 2. The number of likely N-dealkylation sites (tertiary alicyclic amines) is 1. The number of para-hydroxylation sites is 1. The Balaban J connectivity index is 1.59. The van der Waals surface area contributed by atoms with E-state index in [1.807, 2.05) is 30.3 Å². The van der Waals surface area contributed by atoms with E-state index < -0.39 is 6.61 Å². The lowest BCUT2D eigenvalue weighted by molar-refractivity contribution is -0.121. The molecule has 0 aromatic heterocycles. The molecule has 6 nitrogen and oxygen atoms in total. The fourth-order valence-electron chi connectivity index (χ4n) is 3.29. The number of nitrogens with one attached hydrogen (secondary N) is 1. The molecular formula is C21H22F2N2O4. The summed E-state index contributed by atoms with van der Waals surface area (Å²) in [5, 5.41) is 2.89. The summed E-state index contributed by atoms with van der Waals surface area (Å²) in [5.41, 5.74) is 1.06. The van der Waals surface area contributed by atoms with Crippen LogP contribution in [0, 0.1) is 5.92 Å². The van der Waals surface area contributed by atoms with Crippen LogP contribution >= 0.6 is 0 Å². The Bertz CT molecular complexity index is 853. The van der Waals surface area contributed by atoms with Gasteiger partial charge in [0.2, 0.25) is 5.91 Å². The van der Waals surface area contributed by atoms with E-state index in [1.165, 1.54) is 25.3 Å². The van der Waals surface area contributed by atoms with Crippen molar-refractivity contribution < 1.29 is 27.8 Å². The molecule has 2 aromatic rings. The van der Waals surface area contributed by atoms with Crippen molar-refractivity contribution in [3.8, 4) is 11.5 Å². The first-order valence-electron chi connectivity index (χ1n) is 9.26. The summed E-state index contributed by atoms with van der Waals surface area (Å²) in [6.07, 6.45) is 1.10. The lowest BCUT2D eigenvalue weighted by Crippen LogP contribution is -2.41. The number of piperidine rings is 1. The Hall–Kier alpha value is -3.16. The Morgan fingerprint density at radius 3 is 2.38 bits per heavy atom. The molecule has 0 atom stereocenters. The van der Waals surface area contributed by atoms with E-state index in [1.54, 1.807) is 4.90 Å². The number of anilines is 1. The monoisotopic (exact) mass is 404 g/mol. The topological polar surface area (TPSA) is 67.9 Å². The summed E-state index contributed by atoms with van der Waals surface area (Å²) in [4.78, 5) is 26.8. The summed E-state index contributed by atoms with van der Waals surface area (Å²) in [6.45, 7) is -2.11. The molecule has 8 heteroatoms. The van der Waals surface area contributed by atoms with Gasteiger partial charge in [-0.1, -0.05) is 18.2 Å². The number of hydrogen-bond donors (Lipinski definition) is 1. The molecule has 0 spiro atoms. The molecule has 2 aromatic carbocycles. The van der Waals surface area contributed by atoms with Crippen LogP contribution in [0.5, 0.6) is 11.5 Å². The van der Waals surface area contributed by atoms with Gasteiger partial charge in [0.05, 0.1) is 7.11 Å². The smallest absolute Gasteiger partial charge is 0.387 e. The van der Waals surface area contributed by atoms with Crippen LogP contribution < -0.4 is 14.8 Å². The maximum absolute atomic E-state index is 12.7. The van der Waals surface area contributed by atoms with Crippen LogP contribution in [-0.4, -0.2) is 43.5 Å². The predicted molar refractivity (Wildman–Crippen MR) is 103 cm³/mol. The minimum absolute atomic E-state index is 0.0570. The number of halogens is 2. The van der Waals surface area contributed by atoms with Crippen LogP contribution in [0.15, 0.2) is 48.5 Å². The molecule has 29 heavy (non-hydrogen) atoms. The van der Waals surface area contributed by atoms with E-state index in [0.29, 0.717) is 31.5 Å². The first-order valence-corrected chi connectivity index (χ1v) is 9.26. The number of methoxy groups -OCH3 is 1. The van der Waals surface area contributed by atoms with Gasteiger partial charge in [0.15, 0.2) is 11.5 Å². The zero-order valence-corrected chi connectivity index (χ0v) is 15.9. The van der Waals surface area contributed by atoms with Gasteiger partial charge in [-0.2, -0.15) is 8.78 Å². The molecule has 1 N–H and O–H groups in total. The van der Waals surface area contributed by atoms with Gasteiger partial charge in [0, 0.05) is 30.3 Å². The quantitative estimate of drug-likeness (QED) is 0.796. The minimum Gasteiger partial charge on any atom is -0.493 e. The Morgan fingerprint density at radius 1 is 1.07 bits per heavy atom. The Labute approximate surface area is 167 Å². The summed E-state index contributed by atoms with van der Waals surface area (Å²) < 4.78 is 34.3. The summed E-state index contributed by atoms with van der Waals surface area (Å²) in [6, 6.07) is 13.3. The second-order valence-corrected chi connectivity index (χ2v) is 6.67. The van der Waals surface area contributed by atoms with Crippen molar-refractivity contribution in [2.24, 2.45) is 5.92 Å². The summed E-state index contributed by atoms with van der Waals surface area (Å²) in [7, 11) is 1.32. The van der Waals surface area contributed by atoms with Crippen LogP contribution in [0.1, 0.15) is 23.2 Å². The summed E-state index contributed by atoms with van der Waals surface area (Å²) >= 11 is 0. The van der Waals surface area contributed by atoms with Gasteiger partial charge in [-0.25, -0.2) is 0 Å². The van der Waals surface area contributed by atoms with E-state index in [0.717, 1.165) is 5.69 Å². The number of benzene rings is 2. The molecule has 154 valence electrons. The van der Waals surface area contributed by atoms with Crippen LogP contribution in [0.3, 0.4) is 0 Å². The third-order valence-corrected chi connectivity index (χ3v) is 4.82. The van der Waals surface area contributed by atoms with Crippen LogP contribution in [0.25, 0.3) is 0 Å². The van der Waals surface area contributed by atoms with E-state index in [2.05, 4.69) is 10.1 Å². The number of nitrogens with zero attached hydrogens (tertiary/aromatic N) is 1. The number of ether oxygens (including phenoxy) is 2. The number of amides is 2. The minimum atomic E-state index is -2.98. The van der Waals surface area contributed by atoms with Crippen LogP contribution in [-0.2, 0) is 4.79 Å². The third-order valence-electron chi connectivity index (χ3n) is 4.82. The fourth-order valence-corrected chi connectivity index (χ4v) is 3.29.